The number of hydrogen-bond donors (Lipinski definition) is 1. The normalized spacial score (nSPS) is 31.6. The van der Waals surface area contributed by atoms with Crippen molar-refractivity contribution in [1.29, 1.82) is 0 Å². The Morgan fingerprint density at radius 1 is 1.24 bits per heavy atom. The molecule has 0 bridgehead atoms. The molecule has 2 aliphatic heterocycles. The quantitative estimate of drug-likeness (QED) is 0.926. The van der Waals surface area contributed by atoms with Crippen LogP contribution in [0.2, 0.25) is 0 Å². The number of nitrogens with zero attached hydrogens (tertiary/aromatic N) is 1. The number of likely N-dealkylation sites (tertiary alicyclic amines) is 1. The molecule has 3 rings (SSSR count). The first-order valence-corrected chi connectivity index (χ1v) is 9.40. The summed E-state index contributed by atoms with van der Waals surface area (Å²) in [5.41, 5.74) is 7.97. The van der Waals surface area contributed by atoms with E-state index in [2.05, 4.69) is 53.9 Å². The second-order valence-electron chi connectivity index (χ2n) is 6.69. The van der Waals surface area contributed by atoms with Crippen molar-refractivity contribution in [2.24, 2.45) is 11.7 Å². The fraction of sp³-hybridized carbons (Fsp3) is 0.667. The van der Waals surface area contributed by atoms with Crippen LogP contribution in [0, 0.1) is 5.92 Å². The zero-order chi connectivity index (χ0) is 14.7. The van der Waals surface area contributed by atoms with Gasteiger partial charge < -0.3 is 5.73 Å². The third-order valence-corrected chi connectivity index (χ3v) is 7.00. The monoisotopic (exact) mass is 304 g/mol. The van der Waals surface area contributed by atoms with E-state index in [9.17, 15) is 0 Å². The lowest BCUT2D eigenvalue weighted by Crippen LogP contribution is -2.59. The molecule has 21 heavy (non-hydrogen) atoms. The predicted octanol–water partition coefficient (Wildman–Crippen LogP) is 3.16. The average molecular weight is 305 g/mol. The van der Waals surface area contributed by atoms with Crippen molar-refractivity contribution >= 4 is 11.8 Å². The Hall–Kier alpha value is -0.510. The Morgan fingerprint density at radius 3 is 2.52 bits per heavy atom. The van der Waals surface area contributed by atoms with Crippen LogP contribution in [0.1, 0.15) is 31.7 Å². The minimum Gasteiger partial charge on any atom is -0.329 e. The van der Waals surface area contributed by atoms with Crippen molar-refractivity contribution in [1.82, 2.24) is 4.90 Å². The molecule has 2 aliphatic rings. The van der Waals surface area contributed by atoms with Crippen molar-refractivity contribution in [3.63, 3.8) is 0 Å². The summed E-state index contributed by atoms with van der Waals surface area (Å²) in [7, 11) is 0. The maximum atomic E-state index is 6.19. The zero-order valence-electron chi connectivity index (χ0n) is 13.1. The van der Waals surface area contributed by atoms with Gasteiger partial charge in [0.05, 0.1) is 0 Å². The van der Waals surface area contributed by atoms with Gasteiger partial charge in [0.2, 0.25) is 0 Å². The summed E-state index contributed by atoms with van der Waals surface area (Å²) in [5, 5.41) is 0.688. The summed E-state index contributed by atoms with van der Waals surface area (Å²) in [5.74, 6) is 2.13. The Labute approximate surface area is 133 Å². The molecule has 0 radical (unpaired) electrons. The molecule has 0 aliphatic carbocycles. The van der Waals surface area contributed by atoms with Crippen molar-refractivity contribution in [2.75, 3.05) is 25.4 Å². The molecular weight excluding hydrogens is 276 g/mol. The first-order chi connectivity index (χ1) is 10.2. The largest absolute Gasteiger partial charge is 0.329 e. The van der Waals surface area contributed by atoms with E-state index in [1.807, 2.05) is 0 Å². The van der Waals surface area contributed by atoms with Crippen LogP contribution < -0.4 is 5.73 Å². The molecule has 2 saturated heterocycles. The molecule has 0 aromatic heterocycles. The zero-order valence-corrected chi connectivity index (χ0v) is 13.9. The number of thioether (sulfide) groups is 1. The highest BCUT2D eigenvalue weighted by atomic mass is 32.2. The molecule has 2 heterocycles. The molecule has 116 valence electrons. The molecule has 3 heteroatoms. The topological polar surface area (TPSA) is 29.3 Å². The second kappa shape index (κ2) is 6.72. The van der Waals surface area contributed by atoms with Gasteiger partial charge in [-0.25, -0.2) is 0 Å². The van der Waals surface area contributed by atoms with E-state index in [1.54, 1.807) is 0 Å². The Kier molecular flexibility index (Phi) is 4.92. The van der Waals surface area contributed by atoms with E-state index >= 15 is 0 Å². The van der Waals surface area contributed by atoms with Gasteiger partial charge in [0.1, 0.15) is 0 Å². The number of piperidine rings is 1. The number of nitrogens with two attached hydrogens (primary N) is 1. The molecule has 1 aromatic carbocycles. The minimum absolute atomic E-state index is 0.280. The standard InChI is InChI=1S/C18H28N2S/c1-15-18(14-19,9-12-21-15)20-10-7-17(8-11-20)13-16-5-3-2-4-6-16/h2-6,15,17H,7-14,19H2,1H3. The Bertz CT molecular complexity index is 442. The van der Waals surface area contributed by atoms with Crippen LogP contribution in [0.3, 0.4) is 0 Å². The molecule has 0 spiro atoms. The van der Waals surface area contributed by atoms with Crippen LogP contribution in [0.4, 0.5) is 0 Å². The van der Waals surface area contributed by atoms with Crippen LogP contribution in [-0.4, -0.2) is 41.1 Å². The highest BCUT2D eigenvalue weighted by molar-refractivity contribution is 8.00. The molecular formula is C18H28N2S. The smallest absolute Gasteiger partial charge is 0.0455 e. The third-order valence-electron chi connectivity index (χ3n) is 5.62. The molecule has 2 atom stereocenters. The molecule has 0 amide bonds. The summed E-state index contributed by atoms with van der Waals surface area (Å²) in [4.78, 5) is 2.72. The SMILES string of the molecule is CC1SCCC1(CN)N1CCC(Cc2ccccc2)CC1. The van der Waals surface area contributed by atoms with Crippen LogP contribution in [0.15, 0.2) is 30.3 Å². The Balaban J connectivity index is 1.57. The first-order valence-electron chi connectivity index (χ1n) is 8.35. The summed E-state index contributed by atoms with van der Waals surface area (Å²) in [6.45, 7) is 5.67. The van der Waals surface area contributed by atoms with Crippen LogP contribution in [0.25, 0.3) is 0 Å². The van der Waals surface area contributed by atoms with E-state index < -0.39 is 0 Å². The maximum Gasteiger partial charge on any atom is 0.0455 e. The summed E-state index contributed by atoms with van der Waals surface area (Å²) in [6, 6.07) is 11.0. The molecule has 1 aromatic rings. The summed E-state index contributed by atoms with van der Waals surface area (Å²) in [6.07, 6.45) is 5.18. The minimum atomic E-state index is 0.280. The van der Waals surface area contributed by atoms with Gasteiger partial charge in [-0.2, -0.15) is 11.8 Å². The van der Waals surface area contributed by atoms with Gasteiger partial charge in [-0.1, -0.05) is 37.3 Å². The number of benzene rings is 1. The fourth-order valence-electron chi connectivity index (χ4n) is 4.11. The molecule has 2 nitrogen and oxygen atoms in total. The van der Waals surface area contributed by atoms with E-state index in [0.29, 0.717) is 5.25 Å². The average Bonchev–Trinajstić information content (AvgIpc) is 2.91. The molecule has 2 N–H and O–H groups in total. The lowest BCUT2D eigenvalue weighted by atomic mass is 9.84. The van der Waals surface area contributed by atoms with Gasteiger partial charge in [0.15, 0.2) is 0 Å². The highest BCUT2D eigenvalue weighted by Gasteiger charge is 2.45. The lowest BCUT2D eigenvalue weighted by Gasteiger charge is -2.46. The van der Waals surface area contributed by atoms with Crippen LogP contribution in [0.5, 0.6) is 0 Å². The number of rotatable bonds is 4. The van der Waals surface area contributed by atoms with Crippen molar-refractivity contribution in [3.05, 3.63) is 35.9 Å². The van der Waals surface area contributed by atoms with Crippen molar-refractivity contribution in [3.8, 4) is 0 Å². The van der Waals surface area contributed by atoms with Crippen LogP contribution in [-0.2, 0) is 6.42 Å². The Morgan fingerprint density at radius 2 is 1.95 bits per heavy atom. The third kappa shape index (κ3) is 3.15. The van der Waals surface area contributed by atoms with E-state index in [4.69, 9.17) is 5.73 Å². The van der Waals surface area contributed by atoms with Gasteiger partial charge in [0.25, 0.3) is 0 Å². The summed E-state index contributed by atoms with van der Waals surface area (Å²) >= 11 is 2.10. The number of hydrogen-bond acceptors (Lipinski definition) is 3. The van der Waals surface area contributed by atoms with Gasteiger partial charge >= 0.3 is 0 Å². The summed E-state index contributed by atoms with van der Waals surface area (Å²) < 4.78 is 0. The fourth-order valence-corrected chi connectivity index (χ4v) is 5.61. The lowest BCUT2D eigenvalue weighted by molar-refractivity contribution is 0.0578. The van der Waals surface area contributed by atoms with E-state index in [1.165, 1.54) is 50.1 Å². The molecule has 2 fully saturated rings. The van der Waals surface area contributed by atoms with Gasteiger partial charge in [-0.3, -0.25) is 4.90 Å². The predicted molar refractivity (Wildman–Crippen MR) is 92.8 cm³/mol. The highest BCUT2D eigenvalue weighted by Crippen LogP contribution is 2.41. The van der Waals surface area contributed by atoms with Gasteiger partial charge in [0, 0.05) is 17.3 Å². The van der Waals surface area contributed by atoms with Crippen molar-refractivity contribution in [2.45, 2.75) is 43.4 Å². The molecule has 2 unspecified atom stereocenters. The van der Waals surface area contributed by atoms with Gasteiger partial charge in [-0.15, -0.1) is 0 Å². The van der Waals surface area contributed by atoms with E-state index in [-0.39, 0.29) is 5.54 Å². The second-order valence-corrected chi connectivity index (χ2v) is 8.14. The van der Waals surface area contributed by atoms with E-state index in [0.717, 1.165) is 12.5 Å². The first kappa shape index (κ1) is 15.4. The molecule has 0 saturated carbocycles. The van der Waals surface area contributed by atoms with Crippen molar-refractivity contribution < 1.29 is 0 Å². The van der Waals surface area contributed by atoms with Gasteiger partial charge in [-0.05, 0) is 56.0 Å². The maximum absolute atomic E-state index is 6.19. The van der Waals surface area contributed by atoms with Crippen LogP contribution >= 0.6 is 11.8 Å².